The number of anilines is 2. The van der Waals surface area contributed by atoms with Crippen LogP contribution >= 0.6 is 11.6 Å². The van der Waals surface area contributed by atoms with Gasteiger partial charge < -0.3 is 11.5 Å². The zero-order valence-corrected chi connectivity index (χ0v) is 11.4. The van der Waals surface area contributed by atoms with Crippen molar-refractivity contribution in [2.75, 3.05) is 11.5 Å². The molecular formula is C12H13ClN2O3S. The Morgan fingerprint density at radius 2 is 1.58 bits per heavy atom. The van der Waals surface area contributed by atoms with Gasteiger partial charge in [0.05, 0.1) is 5.69 Å². The lowest BCUT2D eigenvalue weighted by Crippen LogP contribution is -2.02. The Bertz CT molecular complexity index is 645. The summed E-state index contributed by atoms with van der Waals surface area (Å²) in [5.74, 6) is 0. The molecule has 0 aromatic heterocycles. The maximum atomic E-state index is 10.6. The van der Waals surface area contributed by atoms with Crippen molar-refractivity contribution in [3.63, 3.8) is 0 Å². The number of hydrogen-bond donors (Lipinski definition) is 3. The number of rotatable bonds is 1. The van der Waals surface area contributed by atoms with Gasteiger partial charge in [-0.05, 0) is 30.3 Å². The van der Waals surface area contributed by atoms with Crippen molar-refractivity contribution in [3.8, 4) is 0 Å². The van der Waals surface area contributed by atoms with Crippen LogP contribution in [-0.4, -0.2) is 13.0 Å². The Labute approximate surface area is 116 Å². The predicted molar refractivity (Wildman–Crippen MR) is 76.5 cm³/mol. The van der Waals surface area contributed by atoms with Crippen LogP contribution in [0.4, 0.5) is 11.4 Å². The highest BCUT2D eigenvalue weighted by Crippen LogP contribution is 2.21. The molecule has 0 atom stereocenters. The van der Waals surface area contributed by atoms with E-state index in [1.54, 1.807) is 0 Å². The molecule has 7 heteroatoms. The van der Waals surface area contributed by atoms with E-state index in [9.17, 15) is 8.42 Å². The summed E-state index contributed by atoms with van der Waals surface area (Å²) >= 11 is 5.49. The summed E-state index contributed by atoms with van der Waals surface area (Å²) in [5, 5.41) is 0.205. The Kier molecular flexibility index (Phi) is 5.17. The molecule has 0 saturated carbocycles. The molecule has 5 N–H and O–H groups in total. The van der Waals surface area contributed by atoms with Gasteiger partial charge in [0.2, 0.25) is 0 Å². The molecule has 19 heavy (non-hydrogen) atoms. The van der Waals surface area contributed by atoms with Crippen LogP contribution < -0.4 is 11.5 Å². The van der Waals surface area contributed by atoms with Gasteiger partial charge in [0.1, 0.15) is 4.90 Å². The van der Waals surface area contributed by atoms with Crippen LogP contribution in [0, 0.1) is 0 Å². The summed E-state index contributed by atoms with van der Waals surface area (Å²) in [6.45, 7) is 0. The minimum absolute atomic E-state index is 0.0260. The van der Waals surface area contributed by atoms with Gasteiger partial charge in [-0.2, -0.15) is 8.42 Å². The molecule has 0 fully saturated rings. The quantitative estimate of drug-likeness (QED) is 0.554. The third kappa shape index (κ3) is 5.17. The average Bonchev–Trinajstić information content (AvgIpc) is 2.33. The van der Waals surface area contributed by atoms with Gasteiger partial charge in [-0.1, -0.05) is 29.8 Å². The second-order valence-corrected chi connectivity index (χ2v) is 5.39. The fourth-order valence-electron chi connectivity index (χ4n) is 1.18. The van der Waals surface area contributed by atoms with Gasteiger partial charge >= 0.3 is 0 Å². The van der Waals surface area contributed by atoms with Gasteiger partial charge in [0, 0.05) is 10.7 Å². The highest BCUT2D eigenvalue weighted by atomic mass is 35.5. The molecule has 2 rings (SSSR count). The first-order chi connectivity index (χ1) is 8.80. The monoisotopic (exact) mass is 300 g/mol. The summed E-state index contributed by atoms with van der Waals surface area (Å²) in [6, 6.07) is 13.3. The van der Waals surface area contributed by atoms with E-state index in [-0.39, 0.29) is 15.6 Å². The zero-order valence-electron chi connectivity index (χ0n) is 9.82. The van der Waals surface area contributed by atoms with E-state index in [4.69, 9.17) is 27.6 Å². The molecule has 0 aliphatic rings. The van der Waals surface area contributed by atoms with Crippen molar-refractivity contribution >= 4 is 33.1 Å². The maximum Gasteiger partial charge on any atom is 0.296 e. The molecular weight excluding hydrogens is 288 g/mol. The molecule has 0 saturated heterocycles. The van der Waals surface area contributed by atoms with E-state index in [0.717, 1.165) is 11.8 Å². The molecule has 2 aromatic carbocycles. The lowest BCUT2D eigenvalue weighted by atomic mass is 10.3. The first-order valence-electron chi connectivity index (χ1n) is 5.14. The number of para-hydroxylation sites is 1. The van der Waals surface area contributed by atoms with Crippen LogP contribution in [0.3, 0.4) is 0 Å². The highest BCUT2D eigenvalue weighted by Gasteiger charge is 2.13. The van der Waals surface area contributed by atoms with Crippen LogP contribution in [0.1, 0.15) is 0 Å². The van der Waals surface area contributed by atoms with Gasteiger partial charge in [0.15, 0.2) is 0 Å². The minimum Gasteiger partial charge on any atom is -0.399 e. The SMILES string of the molecule is Nc1ccc(Cl)cc1S(=O)(=O)O.Nc1ccccc1. The molecule has 0 radical (unpaired) electrons. The molecule has 0 unspecified atom stereocenters. The molecule has 5 nitrogen and oxygen atoms in total. The van der Waals surface area contributed by atoms with Crippen molar-refractivity contribution < 1.29 is 13.0 Å². The normalized spacial score (nSPS) is 10.4. The summed E-state index contributed by atoms with van der Waals surface area (Å²) in [6.07, 6.45) is 0. The summed E-state index contributed by atoms with van der Waals surface area (Å²) in [4.78, 5) is -0.366. The minimum atomic E-state index is -4.27. The van der Waals surface area contributed by atoms with E-state index in [2.05, 4.69) is 0 Å². The Morgan fingerprint density at radius 1 is 1.00 bits per heavy atom. The molecule has 0 aliphatic carbocycles. The lowest BCUT2D eigenvalue weighted by molar-refractivity contribution is 0.483. The second kappa shape index (κ2) is 6.42. The fourth-order valence-corrected chi connectivity index (χ4v) is 2.06. The number of nitrogen functional groups attached to an aromatic ring is 2. The Hall–Kier alpha value is -1.76. The van der Waals surface area contributed by atoms with Gasteiger partial charge in [-0.3, -0.25) is 4.55 Å². The summed E-state index contributed by atoms with van der Waals surface area (Å²) in [7, 11) is -4.27. The van der Waals surface area contributed by atoms with E-state index in [1.807, 2.05) is 30.3 Å². The van der Waals surface area contributed by atoms with Crippen molar-refractivity contribution in [3.05, 3.63) is 53.6 Å². The van der Waals surface area contributed by atoms with Crippen LogP contribution in [0.15, 0.2) is 53.4 Å². The van der Waals surface area contributed by atoms with Crippen molar-refractivity contribution in [1.82, 2.24) is 0 Å². The first kappa shape index (κ1) is 15.3. The molecule has 0 amide bonds. The topological polar surface area (TPSA) is 106 Å². The van der Waals surface area contributed by atoms with Gasteiger partial charge in [0.25, 0.3) is 10.1 Å². The van der Waals surface area contributed by atoms with Crippen LogP contribution in [0.2, 0.25) is 5.02 Å². The smallest absolute Gasteiger partial charge is 0.296 e. The van der Waals surface area contributed by atoms with Crippen LogP contribution in [0.5, 0.6) is 0 Å². The van der Waals surface area contributed by atoms with Gasteiger partial charge in [-0.25, -0.2) is 0 Å². The molecule has 0 spiro atoms. The van der Waals surface area contributed by atoms with E-state index < -0.39 is 10.1 Å². The molecule has 0 bridgehead atoms. The number of halogens is 1. The van der Waals surface area contributed by atoms with Crippen molar-refractivity contribution in [1.29, 1.82) is 0 Å². The number of nitrogens with two attached hydrogens (primary N) is 2. The predicted octanol–water partition coefficient (Wildman–Crippen LogP) is 2.44. The third-order valence-electron chi connectivity index (χ3n) is 2.05. The molecule has 102 valence electrons. The van der Waals surface area contributed by atoms with E-state index >= 15 is 0 Å². The van der Waals surface area contributed by atoms with Crippen LogP contribution in [0.25, 0.3) is 0 Å². The molecule has 2 aromatic rings. The highest BCUT2D eigenvalue weighted by molar-refractivity contribution is 7.86. The van der Waals surface area contributed by atoms with Crippen LogP contribution in [-0.2, 0) is 10.1 Å². The Balaban J connectivity index is 0.000000218. The molecule has 0 heterocycles. The van der Waals surface area contributed by atoms with E-state index in [1.165, 1.54) is 12.1 Å². The van der Waals surface area contributed by atoms with Crippen molar-refractivity contribution in [2.45, 2.75) is 4.90 Å². The van der Waals surface area contributed by atoms with E-state index in [0.29, 0.717) is 0 Å². The molecule has 0 aliphatic heterocycles. The first-order valence-corrected chi connectivity index (χ1v) is 6.95. The Morgan fingerprint density at radius 3 is 1.95 bits per heavy atom. The fraction of sp³-hybridized carbons (Fsp3) is 0. The standard InChI is InChI=1S/C6H6ClNO3S.C6H7N/c7-4-1-2-5(8)6(3-4)12(9,10)11;7-6-4-2-1-3-5-6/h1-3H,8H2,(H,9,10,11);1-5H,7H2. The number of benzene rings is 2. The summed E-state index contributed by atoms with van der Waals surface area (Å²) in [5.41, 5.74) is 11.4. The number of hydrogen-bond acceptors (Lipinski definition) is 4. The average molecular weight is 301 g/mol. The zero-order chi connectivity index (χ0) is 14.5. The van der Waals surface area contributed by atoms with Crippen molar-refractivity contribution in [2.24, 2.45) is 0 Å². The van der Waals surface area contributed by atoms with Gasteiger partial charge in [-0.15, -0.1) is 0 Å². The largest absolute Gasteiger partial charge is 0.399 e. The maximum absolute atomic E-state index is 10.6. The lowest BCUT2D eigenvalue weighted by Gasteiger charge is -2.01. The third-order valence-corrected chi connectivity index (χ3v) is 3.20. The second-order valence-electron chi connectivity index (χ2n) is 3.57. The summed E-state index contributed by atoms with van der Waals surface area (Å²) < 4.78 is 29.9.